The number of hydrogen-bond acceptors (Lipinski definition) is 5. The molecule has 3 aliphatic rings. The number of carbonyl (C=O) groups is 1. The quantitative estimate of drug-likeness (QED) is 0.606. The molecule has 6 heteroatoms. The van der Waals surface area contributed by atoms with Crippen LogP contribution in [0.5, 0.6) is 0 Å². The van der Waals surface area contributed by atoms with Gasteiger partial charge >= 0.3 is 0 Å². The highest BCUT2D eigenvalue weighted by molar-refractivity contribution is 5.86. The summed E-state index contributed by atoms with van der Waals surface area (Å²) in [7, 11) is 1.64. The van der Waals surface area contributed by atoms with Crippen LogP contribution >= 0.6 is 0 Å². The van der Waals surface area contributed by atoms with E-state index in [4.69, 9.17) is 4.74 Å². The molecule has 3 rings (SSSR count). The van der Waals surface area contributed by atoms with E-state index in [0.717, 1.165) is 45.6 Å². The fraction of sp³-hybridized carbons (Fsp3) is 0.929. The number of amides is 1. The number of aliphatic hydroxyl groups excluding tert-OH is 1. The summed E-state index contributed by atoms with van der Waals surface area (Å²) >= 11 is 0. The van der Waals surface area contributed by atoms with Gasteiger partial charge in [0.2, 0.25) is 0 Å². The summed E-state index contributed by atoms with van der Waals surface area (Å²) < 4.78 is 5.63. The molecule has 3 N–H and O–H groups in total. The molecule has 0 bridgehead atoms. The Labute approximate surface area is 119 Å². The monoisotopic (exact) mass is 283 g/mol. The first-order valence-electron chi connectivity index (χ1n) is 7.53. The summed E-state index contributed by atoms with van der Waals surface area (Å²) in [5.41, 5.74) is -0.800. The van der Waals surface area contributed by atoms with Crippen molar-refractivity contribution in [2.75, 3.05) is 53.0 Å². The molecule has 0 saturated carbocycles. The Morgan fingerprint density at radius 2 is 2.15 bits per heavy atom. The third-order valence-electron chi connectivity index (χ3n) is 5.47. The summed E-state index contributed by atoms with van der Waals surface area (Å²) in [6.45, 7) is 4.89. The van der Waals surface area contributed by atoms with Crippen molar-refractivity contribution < 1.29 is 14.6 Å². The molecule has 0 radical (unpaired) electrons. The van der Waals surface area contributed by atoms with Gasteiger partial charge in [0.25, 0.3) is 5.91 Å². The second-order valence-electron chi connectivity index (χ2n) is 6.48. The Balaban J connectivity index is 1.75. The number of carbonyl (C=O) groups excluding carboxylic acids is 1. The summed E-state index contributed by atoms with van der Waals surface area (Å²) in [6.07, 6.45) is 1.46. The van der Waals surface area contributed by atoms with Crippen LogP contribution in [0.1, 0.15) is 12.8 Å². The minimum atomic E-state index is -0.659. The van der Waals surface area contributed by atoms with Crippen molar-refractivity contribution in [3.8, 4) is 0 Å². The lowest BCUT2D eigenvalue weighted by Gasteiger charge is -2.38. The highest BCUT2D eigenvalue weighted by atomic mass is 16.5. The van der Waals surface area contributed by atoms with Crippen molar-refractivity contribution in [3.63, 3.8) is 0 Å². The Morgan fingerprint density at radius 3 is 2.75 bits per heavy atom. The maximum atomic E-state index is 12.9. The number of hydrogen-bond donors (Lipinski definition) is 3. The number of methoxy groups -OCH3 is 1. The highest BCUT2D eigenvalue weighted by Gasteiger charge is 2.53. The van der Waals surface area contributed by atoms with Gasteiger partial charge in [0.1, 0.15) is 5.60 Å². The number of piperidine rings is 1. The van der Waals surface area contributed by atoms with Crippen molar-refractivity contribution in [1.29, 1.82) is 0 Å². The second-order valence-corrected chi connectivity index (χ2v) is 6.48. The van der Waals surface area contributed by atoms with E-state index in [0.29, 0.717) is 12.5 Å². The molecule has 3 aliphatic heterocycles. The number of nitrogens with one attached hydrogen (secondary N) is 2. The van der Waals surface area contributed by atoms with Gasteiger partial charge in [0.05, 0.1) is 6.61 Å². The molecule has 0 aromatic rings. The van der Waals surface area contributed by atoms with Crippen molar-refractivity contribution in [3.05, 3.63) is 0 Å². The van der Waals surface area contributed by atoms with Crippen LogP contribution in [0.4, 0.5) is 0 Å². The smallest absolute Gasteiger partial charge is 0.254 e. The fourth-order valence-electron chi connectivity index (χ4n) is 4.02. The van der Waals surface area contributed by atoms with Crippen LogP contribution < -0.4 is 10.6 Å². The van der Waals surface area contributed by atoms with E-state index in [1.807, 2.05) is 4.90 Å². The molecule has 0 aromatic heterocycles. The largest absolute Gasteiger partial charge is 0.396 e. The number of nitrogens with zero attached hydrogens (tertiary/aromatic N) is 1. The number of aliphatic hydroxyl groups is 1. The molecule has 3 saturated heterocycles. The first kappa shape index (κ1) is 14.3. The van der Waals surface area contributed by atoms with Crippen molar-refractivity contribution in [2.45, 2.75) is 18.4 Å². The molecule has 6 nitrogen and oxygen atoms in total. The summed E-state index contributed by atoms with van der Waals surface area (Å²) in [5, 5.41) is 16.4. The lowest BCUT2D eigenvalue weighted by molar-refractivity contribution is -0.157. The highest BCUT2D eigenvalue weighted by Crippen LogP contribution is 2.40. The normalized spacial score (nSPS) is 36.1. The first-order valence-corrected chi connectivity index (χ1v) is 7.53. The number of likely N-dealkylation sites (tertiary alicyclic amines) is 1. The minimum absolute atomic E-state index is 0.115. The molecule has 1 amide bonds. The molecule has 20 heavy (non-hydrogen) atoms. The van der Waals surface area contributed by atoms with E-state index < -0.39 is 5.60 Å². The van der Waals surface area contributed by atoms with Gasteiger partial charge in [-0.25, -0.2) is 0 Å². The maximum absolute atomic E-state index is 12.9. The van der Waals surface area contributed by atoms with Crippen LogP contribution in [-0.4, -0.2) is 74.5 Å². The number of rotatable bonds is 3. The van der Waals surface area contributed by atoms with Gasteiger partial charge < -0.3 is 25.4 Å². The van der Waals surface area contributed by atoms with Gasteiger partial charge in [-0.05, 0) is 31.8 Å². The third kappa shape index (κ3) is 2.06. The zero-order valence-corrected chi connectivity index (χ0v) is 12.2. The van der Waals surface area contributed by atoms with Gasteiger partial charge in [0.15, 0.2) is 0 Å². The average molecular weight is 283 g/mol. The zero-order valence-electron chi connectivity index (χ0n) is 12.2. The Morgan fingerprint density at radius 1 is 1.40 bits per heavy atom. The lowest BCUT2D eigenvalue weighted by atomic mass is 9.82. The predicted molar refractivity (Wildman–Crippen MR) is 74.3 cm³/mol. The Bertz CT molecular complexity index is 384. The van der Waals surface area contributed by atoms with Gasteiger partial charge in [-0.3, -0.25) is 4.79 Å². The predicted octanol–water partition coefficient (Wildman–Crippen LogP) is -1.20. The van der Waals surface area contributed by atoms with E-state index in [9.17, 15) is 9.90 Å². The number of fused-ring (bicyclic) bond motifs is 1. The topological polar surface area (TPSA) is 73.8 Å². The van der Waals surface area contributed by atoms with Crippen molar-refractivity contribution in [1.82, 2.24) is 15.5 Å². The second kappa shape index (κ2) is 5.26. The van der Waals surface area contributed by atoms with E-state index in [1.54, 1.807) is 7.11 Å². The average Bonchev–Trinajstić information content (AvgIpc) is 3.04. The van der Waals surface area contributed by atoms with Gasteiger partial charge in [-0.15, -0.1) is 0 Å². The molecule has 0 aromatic carbocycles. The SMILES string of the molecule is COC1(C(=O)N2CC3CNCC3(CO)C2)CCNCC1. The molecular formula is C14H25N3O3. The van der Waals surface area contributed by atoms with Crippen LogP contribution in [0.25, 0.3) is 0 Å². The minimum Gasteiger partial charge on any atom is -0.396 e. The first-order chi connectivity index (χ1) is 9.66. The molecule has 2 unspecified atom stereocenters. The summed E-state index contributed by atoms with van der Waals surface area (Å²) in [6, 6.07) is 0. The zero-order chi connectivity index (χ0) is 14.2. The fourth-order valence-corrected chi connectivity index (χ4v) is 4.02. The van der Waals surface area contributed by atoms with E-state index in [1.165, 1.54) is 0 Å². The van der Waals surface area contributed by atoms with E-state index in [-0.39, 0.29) is 17.9 Å². The van der Waals surface area contributed by atoms with Crippen LogP contribution in [0.2, 0.25) is 0 Å². The van der Waals surface area contributed by atoms with Crippen LogP contribution in [0, 0.1) is 11.3 Å². The van der Waals surface area contributed by atoms with E-state index >= 15 is 0 Å². The molecule has 2 atom stereocenters. The summed E-state index contributed by atoms with van der Waals surface area (Å²) in [5.74, 6) is 0.482. The summed E-state index contributed by atoms with van der Waals surface area (Å²) in [4.78, 5) is 14.8. The lowest BCUT2D eigenvalue weighted by Crippen LogP contribution is -2.55. The molecule has 0 aliphatic carbocycles. The molecular weight excluding hydrogens is 258 g/mol. The van der Waals surface area contributed by atoms with Gasteiger partial charge in [-0.2, -0.15) is 0 Å². The van der Waals surface area contributed by atoms with Crippen LogP contribution in [-0.2, 0) is 9.53 Å². The standard InChI is InChI=1S/C14H25N3O3/c1-20-14(2-4-15-5-3-14)12(19)17-7-11-6-16-8-13(11,9-17)10-18/h11,15-16,18H,2-10H2,1H3. The van der Waals surface area contributed by atoms with Crippen LogP contribution in [0.3, 0.4) is 0 Å². The third-order valence-corrected chi connectivity index (χ3v) is 5.47. The van der Waals surface area contributed by atoms with Crippen molar-refractivity contribution >= 4 is 5.91 Å². The molecule has 114 valence electrons. The Kier molecular flexibility index (Phi) is 3.75. The maximum Gasteiger partial charge on any atom is 0.254 e. The molecule has 3 heterocycles. The van der Waals surface area contributed by atoms with Gasteiger partial charge in [0, 0.05) is 38.7 Å². The molecule has 3 fully saturated rings. The molecule has 0 spiro atoms. The number of ether oxygens (including phenoxy) is 1. The van der Waals surface area contributed by atoms with Crippen LogP contribution in [0.15, 0.2) is 0 Å². The van der Waals surface area contributed by atoms with E-state index in [2.05, 4.69) is 10.6 Å². The Hall–Kier alpha value is -0.690. The van der Waals surface area contributed by atoms with Crippen molar-refractivity contribution in [2.24, 2.45) is 11.3 Å². The van der Waals surface area contributed by atoms with Gasteiger partial charge in [-0.1, -0.05) is 0 Å².